The van der Waals surface area contributed by atoms with Crippen LogP contribution in [0.25, 0.3) is 0 Å². The van der Waals surface area contributed by atoms with Crippen molar-refractivity contribution in [1.82, 2.24) is 0 Å². The predicted molar refractivity (Wildman–Crippen MR) is 138 cm³/mol. The van der Waals surface area contributed by atoms with Crippen LogP contribution in [-0.4, -0.2) is 0 Å². The summed E-state index contributed by atoms with van der Waals surface area (Å²) in [6.45, 7) is 6.83. The van der Waals surface area contributed by atoms with Gasteiger partial charge >= 0.3 is 0 Å². The average Bonchev–Trinajstić information content (AvgIpc) is 2.77. The van der Waals surface area contributed by atoms with Gasteiger partial charge < -0.3 is 0 Å². The van der Waals surface area contributed by atoms with Crippen LogP contribution in [0.2, 0.25) is 0 Å². The number of aryl methyl sites for hydroxylation is 1. The number of rotatable bonds is 21. The van der Waals surface area contributed by atoms with Crippen LogP contribution >= 0.6 is 0 Å². The van der Waals surface area contributed by atoms with E-state index in [4.69, 9.17) is 0 Å². The van der Waals surface area contributed by atoms with Gasteiger partial charge in [-0.15, -0.1) is 0 Å². The van der Waals surface area contributed by atoms with Crippen molar-refractivity contribution in [3.8, 4) is 5.75 Å². The summed E-state index contributed by atoms with van der Waals surface area (Å²) < 4.78 is 0. The van der Waals surface area contributed by atoms with E-state index in [9.17, 15) is 5.11 Å². The van der Waals surface area contributed by atoms with E-state index >= 15 is 0 Å². The van der Waals surface area contributed by atoms with E-state index in [0.717, 1.165) is 12.8 Å². The maximum Gasteiger partial charge on any atom is 0.182 e. The molecule has 1 rings (SSSR count). The van der Waals surface area contributed by atoms with Crippen LogP contribution in [0.1, 0.15) is 153 Å². The standard InChI is InChI=1S/C30H53O/c1-4-7-10-13-16-19-22-27-25-26-30(31)29(24-21-18-15-12-9-6-3)28(27)23-20-17-14-11-8-5-2/h25-26H,4-24H2,1-3H3. The van der Waals surface area contributed by atoms with Crippen LogP contribution in [0, 0.1) is 0 Å². The number of hydrogen-bond donors (Lipinski definition) is 0. The third-order valence-electron chi connectivity index (χ3n) is 6.85. The van der Waals surface area contributed by atoms with E-state index in [1.807, 2.05) is 6.07 Å². The molecule has 0 saturated carbocycles. The lowest BCUT2D eigenvalue weighted by Crippen LogP contribution is -2.02. The molecule has 0 fully saturated rings. The minimum atomic E-state index is 0.307. The van der Waals surface area contributed by atoms with Gasteiger partial charge in [-0.2, -0.15) is 0 Å². The zero-order chi connectivity index (χ0) is 22.6. The molecule has 0 aliphatic rings. The van der Waals surface area contributed by atoms with Crippen molar-refractivity contribution in [2.24, 2.45) is 0 Å². The molecular weight excluding hydrogens is 376 g/mol. The van der Waals surface area contributed by atoms with Gasteiger partial charge in [-0.1, -0.05) is 123 Å². The molecule has 31 heavy (non-hydrogen) atoms. The molecule has 0 saturated heterocycles. The Morgan fingerprint density at radius 2 is 0.839 bits per heavy atom. The fraction of sp³-hybridized carbons (Fsp3) is 0.800. The van der Waals surface area contributed by atoms with Crippen molar-refractivity contribution in [2.75, 3.05) is 0 Å². The average molecular weight is 430 g/mol. The van der Waals surface area contributed by atoms with Gasteiger partial charge in [0.2, 0.25) is 0 Å². The highest BCUT2D eigenvalue weighted by Crippen LogP contribution is 2.30. The predicted octanol–water partition coefficient (Wildman–Crippen LogP) is 10.5. The van der Waals surface area contributed by atoms with E-state index < -0.39 is 0 Å². The minimum absolute atomic E-state index is 0.307. The molecule has 1 aromatic carbocycles. The molecule has 0 bridgehead atoms. The summed E-state index contributed by atoms with van der Waals surface area (Å²) in [5.41, 5.74) is 4.11. The van der Waals surface area contributed by atoms with Crippen LogP contribution in [0.4, 0.5) is 0 Å². The summed E-state index contributed by atoms with van der Waals surface area (Å²) in [6, 6.07) is 4.05. The van der Waals surface area contributed by atoms with Gasteiger partial charge in [0, 0.05) is 5.56 Å². The normalized spacial score (nSPS) is 11.3. The molecule has 0 heterocycles. The summed E-state index contributed by atoms with van der Waals surface area (Å²) in [5, 5.41) is 12.8. The summed E-state index contributed by atoms with van der Waals surface area (Å²) in [7, 11) is 0. The first-order valence-corrected chi connectivity index (χ1v) is 14.0. The van der Waals surface area contributed by atoms with Gasteiger partial charge in [0.25, 0.3) is 0 Å². The first-order chi connectivity index (χ1) is 15.2. The highest BCUT2D eigenvalue weighted by molar-refractivity contribution is 5.44. The summed E-state index contributed by atoms with van der Waals surface area (Å²) in [4.78, 5) is 0. The molecule has 0 aliphatic heterocycles. The van der Waals surface area contributed by atoms with Crippen molar-refractivity contribution >= 4 is 0 Å². The van der Waals surface area contributed by atoms with Crippen molar-refractivity contribution < 1.29 is 5.11 Å². The number of hydrogen-bond acceptors (Lipinski definition) is 0. The molecule has 1 heteroatoms. The molecular formula is C30H53O. The topological polar surface area (TPSA) is 19.9 Å². The van der Waals surface area contributed by atoms with Gasteiger partial charge in [-0.3, -0.25) is 5.11 Å². The van der Waals surface area contributed by atoms with Crippen LogP contribution in [0.15, 0.2) is 12.1 Å². The fourth-order valence-electron chi connectivity index (χ4n) is 4.80. The minimum Gasteiger partial charge on any atom is -0.290 e. The molecule has 0 aromatic heterocycles. The highest BCUT2D eigenvalue weighted by Gasteiger charge is 2.14. The Hall–Kier alpha value is -0.980. The summed E-state index contributed by atoms with van der Waals surface area (Å²) in [5.74, 6) is 0.307. The van der Waals surface area contributed by atoms with E-state index in [-0.39, 0.29) is 0 Å². The lowest BCUT2D eigenvalue weighted by atomic mass is 9.89. The quantitative estimate of drug-likeness (QED) is 0.173. The van der Waals surface area contributed by atoms with Crippen molar-refractivity contribution in [3.05, 3.63) is 28.8 Å². The molecule has 0 amide bonds. The van der Waals surface area contributed by atoms with E-state index in [2.05, 4.69) is 26.8 Å². The smallest absolute Gasteiger partial charge is 0.182 e. The lowest BCUT2D eigenvalue weighted by Gasteiger charge is -2.16. The second-order valence-electron chi connectivity index (χ2n) is 9.73. The van der Waals surface area contributed by atoms with Gasteiger partial charge in [-0.25, -0.2) is 0 Å². The second-order valence-corrected chi connectivity index (χ2v) is 9.73. The van der Waals surface area contributed by atoms with Crippen LogP contribution in [0.3, 0.4) is 0 Å². The molecule has 0 spiro atoms. The number of benzene rings is 1. The first kappa shape index (κ1) is 28.1. The lowest BCUT2D eigenvalue weighted by molar-refractivity contribution is 0.348. The van der Waals surface area contributed by atoms with Crippen LogP contribution in [0.5, 0.6) is 5.75 Å². The zero-order valence-corrected chi connectivity index (χ0v) is 21.4. The van der Waals surface area contributed by atoms with Crippen LogP contribution in [-0.2, 0) is 24.4 Å². The molecule has 0 unspecified atom stereocenters. The Labute approximate surface area is 195 Å². The maximum absolute atomic E-state index is 12.8. The molecule has 179 valence electrons. The Balaban J connectivity index is 2.67. The third kappa shape index (κ3) is 13.2. The monoisotopic (exact) mass is 429 g/mol. The van der Waals surface area contributed by atoms with Crippen molar-refractivity contribution in [1.29, 1.82) is 0 Å². The first-order valence-electron chi connectivity index (χ1n) is 14.0. The Morgan fingerprint density at radius 1 is 0.452 bits per heavy atom. The molecule has 1 nitrogen and oxygen atoms in total. The maximum atomic E-state index is 12.8. The third-order valence-corrected chi connectivity index (χ3v) is 6.85. The Kier molecular flexibility index (Phi) is 17.8. The van der Waals surface area contributed by atoms with Gasteiger partial charge in [-0.05, 0) is 55.7 Å². The second kappa shape index (κ2) is 19.7. The molecule has 1 aromatic rings. The molecule has 0 atom stereocenters. The van der Waals surface area contributed by atoms with Gasteiger partial charge in [0.15, 0.2) is 5.75 Å². The highest BCUT2D eigenvalue weighted by atomic mass is 16.3. The van der Waals surface area contributed by atoms with Gasteiger partial charge in [0.05, 0.1) is 0 Å². The van der Waals surface area contributed by atoms with Gasteiger partial charge in [0.1, 0.15) is 0 Å². The summed E-state index contributed by atoms with van der Waals surface area (Å²) >= 11 is 0. The fourth-order valence-corrected chi connectivity index (χ4v) is 4.80. The summed E-state index contributed by atoms with van der Waals surface area (Å²) in [6.07, 6.45) is 27.1. The number of unbranched alkanes of at least 4 members (excludes halogenated alkanes) is 15. The Morgan fingerprint density at radius 3 is 1.32 bits per heavy atom. The van der Waals surface area contributed by atoms with Crippen molar-refractivity contribution in [3.63, 3.8) is 0 Å². The molecule has 0 aliphatic carbocycles. The van der Waals surface area contributed by atoms with E-state index in [0.29, 0.717) is 5.75 Å². The largest absolute Gasteiger partial charge is 0.290 e. The van der Waals surface area contributed by atoms with Crippen LogP contribution < -0.4 is 0 Å². The van der Waals surface area contributed by atoms with Crippen molar-refractivity contribution in [2.45, 2.75) is 156 Å². The van der Waals surface area contributed by atoms with E-state index in [1.54, 1.807) is 0 Å². The van der Waals surface area contributed by atoms with E-state index in [1.165, 1.54) is 139 Å². The SMILES string of the molecule is CCCCCCCCc1ccc([O])c(CCCCCCCC)c1CCCCCCCC. The Bertz CT molecular complexity index is 533. The zero-order valence-electron chi connectivity index (χ0n) is 21.4. The molecule has 0 N–H and O–H groups in total. The molecule has 1 radical (unpaired) electrons.